The molecule has 0 bridgehead atoms. The third kappa shape index (κ3) is 2.71. The highest BCUT2D eigenvalue weighted by molar-refractivity contribution is 7.10. The van der Waals surface area contributed by atoms with Crippen molar-refractivity contribution >= 4 is 17.2 Å². The number of hydrogen-bond acceptors (Lipinski definition) is 2. The van der Waals surface area contributed by atoms with Gasteiger partial charge in [0.1, 0.15) is 0 Å². The fraction of sp³-hybridized carbons (Fsp3) is 0.688. The maximum atomic E-state index is 12.4. The molecule has 2 nitrogen and oxygen atoms in total. The molecule has 2 aliphatic rings. The second-order valence-corrected chi connectivity index (χ2v) is 7.00. The molecule has 0 spiro atoms. The molecule has 0 saturated heterocycles. The Labute approximate surface area is 119 Å². The number of amides is 1. The molecule has 3 heteroatoms. The normalized spacial score (nSPS) is 23.6. The van der Waals surface area contributed by atoms with E-state index in [4.69, 9.17) is 0 Å². The Balaban J connectivity index is 1.58. The van der Waals surface area contributed by atoms with E-state index in [1.807, 2.05) is 11.3 Å². The summed E-state index contributed by atoms with van der Waals surface area (Å²) in [6.07, 6.45) is 8.35. The highest BCUT2D eigenvalue weighted by atomic mass is 32.1. The summed E-state index contributed by atoms with van der Waals surface area (Å²) in [7, 11) is 0. The predicted molar refractivity (Wildman–Crippen MR) is 79.3 cm³/mol. The molecule has 1 aromatic rings. The lowest BCUT2D eigenvalue weighted by Gasteiger charge is -2.34. The van der Waals surface area contributed by atoms with Crippen molar-refractivity contribution in [3.63, 3.8) is 0 Å². The first-order valence-electron chi connectivity index (χ1n) is 7.61. The highest BCUT2D eigenvalue weighted by Crippen LogP contribution is 2.34. The van der Waals surface area contributed by atoms with Gasteiger partial charge in [0.15, 0.2) is 0 Å². The monoisotopic (exact) mass is 277 g/mol. The molecule has 3 rings (SSSR count). The van der Waals surface area contributed by atoms with Gasteiger partial charge in [-0.3, -0.25) is 4.79 Å². The average Bonchev–Trinajstić information content (AvgIpc) is 3.07. The van der Waals surface area contributed by atoms with Gasteiger partial charge in [-0.2, -0.15) is 0 Å². The summed E-state index contributed by atoms with van der Waals surface area (Å²) >= 11 is 1.84. The van der Waals surface area contributed by atoms with Crippen LogP contribution in [0.15, 0.2) is 11.4 Å². The topological polar surface area (TPSA) is 20.3 Å². The van der Waals surface area contributed by atoms with E-state index in [2.05, 4.69) is 23.3 Å². The molecule has 104 valence electrons. The van der Waals surface area contributed by atoms with Crippen molar-refractivity contribution in [3.8, 4) is 0 Å². The molecule has 0 N–H and O–H groups in total. The summed E-state index contributed by atoms with van der Waals surface area (Å²) in [5, 5.41) is 2.16. The number of carbonyl (C=O) groups is 1. The zero-order valence-corrected chi connectivity index (χ0v) is 12.5. The summed E-state index contributed by atoms with van der Waals surface area (Å²) in [5.74, 6) is 1.19. The minimum absolute atomic E-state index is 0.283. The number of carbonyl (C=O) groups excluding carboxylic acids is 1. The molecule has 19 heavy (non-hydrogen) atoms. The van der Waals surface area contributed by atoms with Gasteiger partial charge in [0.05, 0.1) is 6.04 Å². The lowest BCUT2D eigenvalue weighted by atomic mass is 9.98. The second kappa shape index (κ2) is 5.66. The fourth-order valence-electron chi connectivity index (χ4n) is 3.62. The summed E-state index contributed by atoms with van der Waals surface area (Å²) in [4.78, 5) is 16.0. The Morgan fingerprint density at radius 2 is 2.21 bits per heavy atom. The van der Waals surface area contributed by atoms with Crippen molar-refractivity contribution in [2.24, 2.45) is 5.92 Å². The lowest BCUT2D eigenvalue weighted by Crippen LogP contribution is -2.38. The van der Waals surface area contributed by atoms with Gasteiger partial charge in [0.2, 0.25) is 5.91 Å². The van der Waals surface area contributed by atoms with Gasteiger partial charge < -0.3 is 4.90 Å². The van der Waals surface area contributed by atoms with Crippen LogP contribution < -0.4 is 0 Å². The van der Waals surface area contributed by atoms with E-state index < -0.39 is 0 Å². The third-order valence-corrected chi connectivity index (χ3v) is 5.84. The van der Waals surface area contributed by atoms with E-state index >= 15 is 0 Å². The Bertz CT molecular complexity index is 447. The van der Waals surface area contributed by atoms with E-state index in [0.717, 1.165) is 31.7 Å². The largest absolute Gasteiger partial charge is 0.336 e. The third-order valence-electron chi connectivity index (χ3n) is 4.84. The van der Waals surface area contributed by atoms with Crippen LogP contribution in [0.3, 0.4) is 0 Å². The maximum Gasteiger partial charge on any atom is 0.223 e. The van der Waals surface area contributed by atoms with Crippen molar-refractivity contribution in [3.05, 3.63) is 21.9 Å². The molecule has 1 aromatic heterocycles. The zero-order chi connectivity index (χ0) is 13.2. The van der Waals surface area contributed by atoms with E-state index in [0.29, 0.717) is 5.91 Å². The predicted octanol–water partition coefficient (Wildman–Crippen LogP) is 4.16. The second-order valence-electron chi connectivity index (χ2n) is 6.00. The van der Waals surface area contributed by atoms with E-state index in [1.165, 1.54) is 36.1 Å². The number of thiophene rings is 1. The van der Waals surface area contributed by atoms with Gasteiger partial charge in [-0.25, -0.2) is 0 Å². The Kier molecular flexibility index (Phi) is 3.92. The minimum Gasteiger partial charge on any atom is -0.336 e. The van der Waals surface area contributed by atoms with Crippen molar-refractivity contribution in [2.75, 3.05) is 6.54 Å². The molecule has 1 aliphatic heterocycles. The van der Waals surface area contributed by atoms with Crippen molar-refractivity contribution in [2.45, 2.75) is 57.9 Å². The highest BCUT2D eigenvalue weighted by Gasteiger charge is 2.28. The molecule has 0 aromatic carbocycles. The van der Waals surface area contributed by atoms with Crippen LogP contribution in [0.25, 0.3) is 0 Å². The van der Waals surface area contributed by atoms with Gasteiger partial charge in [-0.1, -0.05) is 25.7 Å². The van der Waals surface area contributed by atoms with Crippen LogP contribution in [-0.4, -0.2) is 17.4 Å². The number of rotatable bonds is 3. The maximum absolute atomic E-state index is 12.4. The molecular weight excluding hydrogens is 254 g/mol. The van der Waals surface area contributed by atoms with E-state index in [-0.39, 0.29) is 6.04 Å². The summed E-state index contributed by atoms with van der Waals surface area (Å²) in [6.45, 7) is 3.09. The van der Waals surface area contributed by atoms with Crippen LogP contribution >= 0.6 is 11.3 Å². The first-order valence-corrected chi connectivity index (χ1v) is 8.49. The fourth-order valence-corrected chi connectivity index (χ4v) is 4.58. The summed E-state index contributed by atoms with van der Waals surface area (Å²) < 4.78 is 0. The SMILES string of the molecule is CC1c2ccsc2CCN1C(=O)CCC1CCCC1. The van der Waals surface area contributed by atoms with Gasteiger partial charge >= 0.3 is 0 Å². The van der Waals surface area contributed by atoms with Gasteiger partial charge in [0, 0.05) is 17.8 Å². The average molecular weight is 277 g/mol. The van der Waals surface area contributed by atoms with Gasteiger partial charge in [-0.15, -0.1) is 11.3 Å². The summed E-state index contributed by atoms with van der Waals surface area (Å²) in [5.41, 5.74) is 1.38. The molecular formula is C16H23NOS. The molecule has 2 heterocycles. The lowest BCUT2D eigenvalue weighted by molar-refractivity contribution is -0.134. The number of nitrogens with zero attached hydrogens (tertiary/aromatic N) is 1. The Morgan fingerprint density at radius 1 is 1.42 bits per heavy atom. The number of fused-ring (bicyclic) bond motifs is 1. The molecule has 1 aliphatic carbocycles. The Morgan fingerprint density at radius 3 is 3.00 bits per heavy atom. The number of hydrogen-bond donors (Lipinski definition) is 0. The van der Waals surface area contributed by atoms with E-state index in [9.17, 15) is 4.79 Å². The first kappa shape index (κ1) is 13.2. The van der Waals surface area contributed by atoms with Crippen LogP contribution in [0.2, 0.25) is 0 Å². The Hall–Kier alpha value is -0.830. The van der Waals surface area contributed by atoms with Crippen molar-refractivity contribution in [1.82, 2.24) is 4.90 Å². The molecule has 0 radical (unpaired) electrons. The molecule has 1 amide bonds. The van der Waals surface area contributed by atoms with Gasteiger partial charge in [0.25, 0.3) is 0 Å². The quantitative estimate of drug-likeness (QED) is 0.812. The van der Waals surface area contributed by atoms with Crippen LogP contribution in [0.4, 0.5) is 0 Å². The van der Waals surface area contributed by atoms with Crippen LogP contribution in [0.5, 0.6) is 0 Å². The smallest absolute Gasteiger partial charge is 0.223 e. The molecule has 1 saturated carbocycles. The van der Waals surface area contributed by atoms with Crippen LogP contribution in [-0.2, 0) is 11.2 Å². The zero-order valence-electron chi connectivity index (χ0n) is 11.7. The standard InChI is InChI=1S/C16H23NOS/c1-12-14-9-11-19-15(14)8-10-17(12)16(18)7-6-13-4-2-3-5-13/h9,11-13H,2-8,10H2,1H3. The van der Waals surface area contributed by atoms with Crippen LogP contribution in [0, 0.1) is 5.92 Å². The minimum atomic E-state index is 0.283. The van der Waals surface area contributed by atoms with Gasteiger partial charge in [-0.05, 0) is 42.7 Å². The molecule has 1 unspecified atom stereocenters. The van der Waals surface area contributed by atoms with Crippen molar-refractivity contribution < 1.29 is 4.79 Å². The first-order chi connectivity index (χ1) is 9.25. The van der Waals surface area contributed by atoms with Crippen LogP contribution in [0.1, 0.15) is 61.9 Å². The molecule has 1 atom stereocenters. The van der Waals surface area contributed by atoms with E-state index in [1.54, 1.807) is 0 Å². The van der Waals surface area contributed by atoms with Crippen molar-refractivity contribution in [1.29, 1.82) is 0 Å². The molecule has 1 fully saturated rings. The summed E-state index contributed by atoms with van der Waals surface area (Å²) in [6, 6.07) is 2.48.